The lowest BCUT2D eigenvalue weighted by Gasteiger charge is -2.11. The van der Waals surface area contributed by atoms with Gasteiger partial charge in [0, 0.05) is 8.95 Å². The number of nitrogens with one attached hydrogen (secondary N) is 1. The van der Waals surface area contributed by atoms with Gasteiger partial charge in [-0.1, -0.05) is 28.1 Å². The third-order valence-corrected chi connectivity index (χ3v) is 3.93. The molecule has 21 heavy (non-hydrogen) atoms. The third-order valence-electron chi connectivity index (χ3n) is 2.85. The van der Waals surface area contributed by atoms with E-state index >= 15 is 0 Å². The number of carbonyl (C=O) groups is 1. The zero-order valence-electron chi connectivity index (χ0n) is 11.3. The van der Waals surface area contributed by atoms with Crippen molar-refractivity contribution in [2.75, 3.05) is 18.2 Å². The molecule has 3 N–H and O–H groups in total. The van der Waals surface area contributed by atoms with Crippen molar-refractivity contribution < 1.29 is 9.53 Å². The van der Waals surface area contributed by atoms with E-state index in [2.05, 4.69) is 37.2 Å². The van der Waals surface area contributed by atoms with Crippen LogP contribution in [0, 0.1) is 0 Å². The summed E-state index contributed by atoms with van der Waals surface area (Å²) in [6.45, 7) is 0. The summed E-state index contributed by atoms with van der Waals surface area (Å²) in [5.41, 5.74) is 7.86. The number of carbonyl (C=O) groups excluding carboxylic acids is 1. The van der Waals surface area contributed by atoms with E-state index in [1.54, 1.807) is 13.2 Å². The molecule has 0 aliphatic heterocycles. The lowest BCUT2D eigenvalue weighted by Crippen LogP contribution is -2.16. The normalized spacial score (nSPS) is 10.2. The van der Waals surface area contributed by atoms with Crippen LogP contribution in [0.1, 0.15) is 5.56 Å². The number of hydrogen-bond donors (Lipinski definition) is 2. The van der Waals surface area contributed by atoms with Crippen molar-refractivity contribution in [3.8, 4) is 5.75 Å². The lowest BCUT2D eigenvalue weighted by molar-refractivity contribution is -0.115. The molecule has 0 aliphatic rings. The molecule has 0 saturated carbocycles. The van der Waals surface area contributed by atoms with Crippen molar-refractivity contribution in [1.82, 2.24) is 0 Å². The number of benzene rings is 2. The van der Waals surface area contributed by atoms with Gasteiger partial charge in [-0.15, -0.1) is 0 Å². The summed E-state index contributed by atoms with van der Waals surface area (Å²) in [6.07, 6.45) is 0.249. The number of ether oxygens (including phenoxy) is 1. The van der Waals surface area contributed by atoms with Crippen molar-refractivity contribution in [2.45, 2.75) is 6.42 Å². The Bertz CT molecular complexity index is 651. The zero-order valence-corrected chi connectivity index (χ0v) is 14.5. The number of amides is 1. The molecule has 2 aromatic rings. The summed E-state index contributed by atoms with van der Waals surface area (Å²) in [6, 6.07) is 11.0. The summed E-state index contributed by atoms with van der Waals surface area (Å²) in [7, 11) is 1.60. The number of halogens is 2. The fourth-order valence-corrected chi connectivity index (χ4v) is 3.23. The van der Waals surface area contributed by atoms with Crippen LogP contribution in [0.4, 0.5) is 11.4 Å². The van der Waals surface area contributed by atoms with Crippen LogP contribution in [0.25, 0.3) is 0 Å². The molecule has 0 radical (unpaired) electrons. The number of rotatable bonds is 4. The Hall–Kier alpha value is -1.53. The smallest absolute Gasteiger partial charge is 0.228 e. The maximum absolute atomic E-state index is 12.1. The van der Waals surface area contributed by atoms with E-state index in [1.165, 1.54) is 0 Å². The second kappa shape index (κ2) is 6.95. The largest absolute Gasteiger partial charge is 0.497 e. The molecule has 0 aliphatic carbocycles. The van der Waals surface area contributed by atoms with E-state index in [0.717, 1.165) is 20.3 Å². The summed E-state index contributed by atoms with van der Waals surface area (Å²) in [4.78, 5) is 12.1. The van der Waals surface area contributed by atoms with Gasteiger partial charge in [-0.3, -0.25) is 4.79 Å². The Balaban J connectivity index is 2.12. The molecule has 0 atom stereocenters. The van der Waals surface area contributed by atoms with E-state index in [4.69, 9.17) is 10.5 Å². The maximum atomic E-state index is 12.1. The lowest BCUT2D eigenvalue weighted by atomic mass is 10.1. The van der Waals surface area contributed by atoms with E-state index in [0.29, 0.717) is 11.4 Å². The van der Waals surface area contributed by atoms with Gasteiger partial charge in [-0.25, -0.2) is 0 Å². The molecule has 0 bridgehead atoms. The number of anilines is 2. The van der Waals surface area contributed by atoms with Crippen LogP contribution in [-0.4, -0.2) is 13.0 Å². The Morgan fingerprint density at radius 1 is 1.29 bits per heavy atom. The van der Waals surface area contributed by atoms with Crippen LogP contribution < -0.4 is 15.8 Å². The Morgan fingerprint density at radius 3 is 2.71 bits per heavy atom. The summed E-state index contributed by atoms with van der Waals surface area (Å²) in [5, 5.41) is 2.82. The van der Waals surface area contributed by atoms with Crippen LogP contribution in [0.2, 0.25) is 0 Å². The molecule has 6 heteroatoms. The highest BCUT2D eigenvalue weighted by atomic mass is 79.9. The first-order valence-corrected chi connectivity index (χ1v) is 7.75. The first-order valence-electron chi connectivity index (χ1n) is 6.17. The highest BCUT2D eigenvalue weighted by Gasteiger charge is 2.11. The highest BCUT2D eigenvalue weighted by Crippen LogP contribution is 2.32. The molecular formula is C15H14Br2N2O2. The molecular weight excluding hydrogens is 400 g/mol. The molecule has 2 aromatic carbocycles. The van der Waals surface area contributed by atoms with Crippen LogP contribution in [0.3, 0.4) is 0 Å². The number of nitrogen functional groups attached to an aromatic ring is 1. The van der Waals surface area contributed by atoms with Crippen LogP contribution in [0.5, 0.6) is 5.75 Å². The standard InChI is InChI=1S/C15H14Br2N2O2/c1-21-11-4-2-3-9(5-11)6-14(20)19-15-12(17)7-10(16)8-13(15)18/h2-5,7-8H,6,18H2,1H3,(H,19,20). The number of methoxy groups -OCH3 is 1. The minimum atomic E-state index is -0.141. The second-order valence-corrected chi connectivity index (χ2v) is 6.20. The molecule has 0 aromatic heterocycles. The molecule has 0 saturated heterocycles. The molecule has 4 nitrogen and oxygen atoms in total. The summed E-state index contributed by atoms with van der Waals surface area (Å²) >= 11 is 6.74. The van der Waals surface area contributed by atoms with Gasteiger partial charge in [-0.2, -0.15) is 0 Å². The van der Waals surface area contributed by atoms with Gasteiger partial charge in [0.15, 0.2) is 0 Å². The van der Waals surface area contributed by atoms with E-state index in [1.807, 2.05) is 30.3 Å². The van der Waals surface area contributed by atoms with Gasteiger partial charge in [0.05, 0.1) is 24.9 Å². The Labute approximate surface area is 139 Å². The number of hydrogen-bond acceptors (Lipinski definition) is 3. The third kappa shape index (κ3) is 4.22. The Morgan fingerprint density at radius 2 is 2.05 bits per heavy atom. The topological polar surface area (TPSA) is 64.3 Å². The SMILES string of the molecule is COc1cccc(CC(=O)Nc2c(N)cc(Br)cc2Br)c1. The molecule has 0 fully saturated rings. The van der Waals surface area contributed by atoms with Crippen molar-refractivity contribution in [3.05, 3.63) is 50.9 Å². The molecule has 2 rings (SSSR count). The van der Waals surface area contributed by atoms with E-state index < -0.39 is 0 Å². The summed E-state index contributed by atoms with van der Waals surface area (Å²) < 4.78 is 6.72. The average molecular weight is 414 g/mol. The van der Waals surface area contributed by atoms with Gasteiger partial charge >= 0.3 is 0 Å². The predicted molar refractivity (Wildman–Crippen MR) is 91.6 cm³/mol. The van der Waals surface area contributed by atoms with E-state index in [-0.39, 0.29) is 12.3 Å². The minimum Gasteiger partial charge on any atom is -0.497 e. The van der Waals surface area contributed by atoms with Crippen LogP contribution >= 0.6 is 31.9 Å². The zero-order chi connectivity index (χ0) is 15.4. The molecule has 1 amide bonds. The first kappa shape index (κ1) is 15.9. The van der Waals surface area contributed by atoms with Crippen LogP contribution in [0.15, 0.2) is 45.3 Å². The fourth-order valence-electron chi connectivity index (χ4n) is 1.88. The second-order valence-electron chi connectivity index (χ2n) is 4.43. The van der Waals surface area contributed by atoms with Gasteiger partial charge in [0.2, 0.25) is 5.91 Å². The van der Waals surface area contributed by atoms with Gasteiger partial charge in [0.1, 0.15) is 5.75 Å². The van der Waals surface area contributed by atoms with Crippen molar-refractivity contribution >= 4 is 49.1 Å². The monoisotopic (exact) mass is 412 g/mol. The molecule has 0 unspecified atom stereocenters. The minimum absolute atomic E-state index is 0.141. The van der Waals surface area contributed by atoms with E-state index in [9.17, 15) is 4.79 Å². The van der Waals surface area contributed by atoms with Gasteiger partial charge in [0.25, 0.3) is 0 Å². The van der Waals surface area contributed by atoms with Crippen molar-refractivity contribution in [3.63, 3.8) is 0 Å². The first-order chi connectivity index (χ1) is 9.99. The molecule has 110 valence electrons. The average Bonchev–Trinajstić information content (AvgIpc) is 2.43. The predicted octanol–water partition coefficient (Wildman–Crippen LogP) is 3.98. The van der Waals surface area contributed by atoms with Crippen molar-refractivity contribution in [2.24, 2.45) is 0 Å². The fraction of sp³-hybridized carbons (Fsp3) is 0.133. The van der Waals surface area contributed by atoms with Gasteiger partial charge in [-0.05, 0) is 45.8 Å². The van der Waals surface area contributed by atoms with Gasteiger partial charge < -0.3 is 15.8 Å². The molecule has 0 heterocycles. The number of nitrogens with two attached hydrogens (primary N) is 1. The quantitative estimate of drug-likeness (QED) is 0.745. The highest BCUT2D eigenvalue weighted by molar-refractivity contribution is 9.11. The van der Waals surface area contributed by atoms with Crippen molar-refractivity contribution in [1.29, 1.82) is 0 Å². The maximum Gasteiger partial charge on any atom is 0.228 e. The summed E-state index contributed by atoms with van der Waals surface area (Å²) in [5.74, 6) is 0.586. The Kier molecular flexibility index (Phi) is 5.25. The van der Waals surface area contributed by atoms with Crippen LogP contribution in [-0.2, 0) is 11.2 Å². The molecule has 0 spiro atoms.